The van der Waals surface area contributed by atoms with Crippen molar-refractivity contribution in [2.45, 2.75) is 46.1 Å². The SMILES string of the molecule is CCOc1cc(OC)ccc1CNCC(=O)N1CCCC(c2cccc(C(=O)C(C)C)c2)C1. The van der Waals surface area contributed by atoms with E-state index in [-0.39, 0.29) is 30.1 Å². The fourth-order valence-electron chi connectivity index (χ4n) is 4.27. The van der Waals surface area contributed by atoms with Gasteiger partial charge in [-0.15, -0.1) is 0 Å². The van der Waals surface area contributed by atoms with Crippen LogP contribution in [-0.2, 0) is 11.3 Å². The molecule has 33 heavy (non-hydrogen) atoms. The Balaban J connectivity index is 1.57. The van der Waals surface area contributed by atoms with Crippen LogP contribution in [0, 0.1) is 5.92 Å². The Morgan fingerprint density at radius 2 is 2.00 bits per heavy atom. The maximum Gasteiger partial charge on any atom is 0.236 e. The fraction of sp³-hybridized carbons (Fsp3) is 0.481. The van der Waals surface area contributed by atoms with Crippen LogP contribution in [0.5, 0.6) is 11.5 Å². The fourth-order valence-corrected chi connectivity index (χ4v) is 4.27. The van der Waals surface area contributed by atoms with Crippen molar-refractivity contribution in [3.05, 3.63) is 59.2 Å². The lowest BCUT2D eigenvalue weighted by Gasteiger charge is -2.33. The summed E-state index contributed by atoms with van der Waals surface area (Å²) in [5.74, 6) is 2.01. The highest BCUT2D eigenvalue weighted by molar-refractivity contribution is 5.97. The molecule has 1 aliphatic rings. The maximum absolute atomic E-state index is 12.9. The molecule has 1 fully saturated rings. The third kappa shape index (κ3) is 6.57. The minimum absolute atomic E-state index is 0.0234. The average molecular weight is 453 g/mol. The molecule has 0 spiro atoms. The molecule has 0 radical (unpaired) electrons. The molecule has 2 aromatic rings. The van der Waals surface area contributed by atoms with Gasteiger partial charge in [0.05, 0.1) is 20.3 Å². The number of rotatable bonds is 10. The number of ketones is 1. The minimum Gasteiger partial charge on any atom is -0.497 e. The van der Waals surface area contributed by atoms with Crippen LogP contribution in [0.2, 0.25) is 0 Å². The molecule has 1 saturated heterocycles. The predicted molar refractivity (Wildman–Crippen MR) is 130 cm³/mol. The first-order valence-corrected chi connectivity index (χ1v) is 11.8. The number of piperidine rings is 1. The summed E-state index contributed by atoms with van der Waals surface area (Å²) in [6.45, 7) is 8.64. The molecule has 0 saturated carbocycles. The number of amides is 1. The normalized spacial score (nSPS) is 16.0. The van der Waals surface area contributed by atoms with E-state index in [2.05, 4.69) is 11.4 Å². The van der Waals surface area contributed by atoms with Crippen molar-refractivity contribution in [1.29, 1.82) is 0 Å². The zero-order valence-corrected chi connectivity index (χ0v) is 20.2. The highest BCUT2D eigenvalue weighted by Crippen LogP contribution is 2.28. The van der Waals surface area contributed by atoms with Gasteiger partial charge < -0.3 is 19.7 Å². The van der Waals surface area contributed by atoms with E-state index >= 15 is 0 Å². The van der Waals surface area contributed by atoms with Crippen molar-refractivity contribution in [1.82, 2.24) is 10.2 Å². The first kappa shape index (κ1) is 24.8. The van der Waals surface area contributed by atoms with E-state index in [9.17, 15) is 9.59 Å². The van der Waals surface area contributed by atoms with Gasteiger partial charge in [0.15, 0.2) is 5.78 Å². The number of benzene rings is 2. The molecule has 0 bridgehead atoms. The highest BCUT2D eigenvalue weighted by Gasteiger charge is 2.25. The van der Waals surface area contributed by atoms with Gasteiger partial charge in [-0.2, -0.15) is 0 Å². The Bertz CT molecular complexity index is 957. The van der Waals surface area contributed by atoms with Gasteiger partial charge >= 0.3 is 0 Å². The Kier molecular flexibility index (Phi) is 8.89. The first-order chi connectivity index (χ1) is 15.9. The van der Waals surface area contributed by atoms with Crippen LogP contribution >= 0.6 is 0 Å². The van der Waals surface area contributed by atoms with E-state index in [4.69, 9.17) is 9.47 Å². The second kappa shape index (κ2) is 11.8. The average Bonchev–Trinajstić information content (AvgIpc) is 2.84. The molecule has 6 heteroatoms. The molecule has 0 aliphatic carbocycles. The topological polar surface area (TPSA) is 67.9 Å². The van der Waals surface area contributed by atoms with Crippen LogP contribution < -0.4 is 14.8 Å². The molecule has 1 atom stereocenters. The van der Waals surface area contributed by atoms with E-state index in [1.165, 1.54) is 0 Å². The molecule has 1 amide bonds. The van der Waals surface area contributed by atoms with Gasteiger partial charge in [0.25, 0.3) is 0 Å². The molecule has 0 aromatic heterocycles. The summed E-state index contributed by atoms with van der Waals surface area (Å²) in [6, 6.07) is 13.7. The van der Waals surface area contributed by atoms with Gasteiger partial charge in [0.1, 0.15) is 11.5 Å². The molecular weight excluding hydrogens is 416 g/mol. The molecule has 2 aromatic carbocycles. The van der Waals surface area contributed by atoms with E-state index in [0.717, 1.165) is 47.6 Å². The quantitative estimate of drug-likeness (QED) is 0.540. The Morgan fingerprint density at radius 1 is 1.18 bits per heavy atom. The van der Waals surface area contributed by atoms with Crippen LogP contribution in [0.25, 0.3) is 0 Å². The van der Waals surface area contributed by atoms with Crippen LogP contribution in [0.3, 0.4) is 0 Å². The number of ether oxygens (including phenoxy) is 2. The van der Waals surface area contributed by atoms with Gasteiger partial charge in [0, 0.05) is 48.7 Å². The van der Waals surface area contributed by atoms with Gasteiger partial charge in [0.2, 0.25) is 5.91 Å². The van der Waals surface area contributed by atoms with Crippen LogP contribution in [0.4, 0.5) is 0 Å². The summed E-state index contributed by atoms with van der Waals surface area (Å²) >= 11 is 0. The molecular formula is C27H36N2O4. The Labute approximate surface area is 197 Å². The summed E-state index contributed by atoms with van der Waals surface area (Å²) in [6.07, 6.45) is 1.99. The third-order valence-electron chi connectivity index (χ3n) is 6.11. The van der Waals surface area contributed by atoms with Crippen LogP contribution in [0.1, 0.15) is 61.0 Å². The van der Waals surface area contributed by atoms with Crippen molar-refractivity contribution < 1.29 is 19.1 Å². The Morgan fingerprint density at radius 3 is 2.73 bits per heavy atom. The molecule has 178 valence electrons. The van der Waals surface area contributed by atoms with E-state index in [1.54, 1.807) is 7.11 Å². The number of nitrogens with one attached hydrogen (secondary N) is 1. The second-order valence-electron chi connectivity index (χ2n) is 8.83. The lowest BCUT2D eigenvalue weighted by molar-refractivity contribution is -0.131. The van der Waals surface area contributed by atoms with Gasteiger partial charge in [-0.1, -0.05) is 38.1 Å². The number of carbonyl (C=O) groups is 2. The lowest BCUT2D eigenvalue weighted by Crippen LogP contribution is -2.43. The number of Topliss-reactive ketones (excluding diaryl/α,β-unsaturated/α-hetero) is 1. The second-order valence-corrected chi connectivity index (χ2v) is 8.83. The molecule has 1 heterocycles. The number of hydrogen-bond acceptors (Lipinski definition) is 5. The molecule has 6 nitrogen and oxygen atoms in total. The van der Waals surface area contributed by atoms with E-state index < -0.39 is 0 Å². The summed E-state index contributed by atoms with van der Waals surface area (Å²) < 4.78 is 11.0. The number of carbonyl (C=O) groups excluding carboxylic acids is 2. The van der Waals surface area contributed by atoms with Gasteiger partial charge in [-0.05, 0) is 37.5 Å². The zero-order chi connectivity index (χ0) is 23.8. The van der Waals surface area contributed by atoms with Crippen molar-refractivity contribution >= 4 is 11.7 Å². The molecule has 1 unspecified atom stereocenters. The van der Waals surface area contributed by atoms with Gasteiger partial charge in [-0.3, -0.25) is 9.59 Å². The number of methoxy groups -OCH3 is 1. The Hall–Kier alpha value is -2.86. The summed E-state index contributed by atoms with van der Waals surface area (Å²) in [5, 5.41) is 3.27. The zero-order valence-electron chi connectivity index (χ0n) is 20.2. The van der Waals surface area contributed by atoms with Crippen molar-refractivity contribution in [2.24, 2.45) is 5.92 Å². The van der Waals surface area contributed by atoms with E-state index in [1.807, 2.05) is 62.1 Å². The third-order valence-corrected chi connectivity index (χ3v) is 6.11. The van der Waals surface area contributed by atoms with Crippen molar-refractivity contribution in [3.63, 3.8) is 0 Å². The molecule has 1 aliphatic heterocycles. The number of hydrogen-bond donors (Lipinski definition) is 1. The standard InChI is InChI=1S/C27H36N2O4/c1-5-33-25-15-24(32-4)12-11-22(25)16-28-17-26(30)29-13-7-10-23(18-29)20-8-6-9-21(14-20)27(31)19(2)3/h6,8-9,11-12,14-15,19,23,28H,5,7,10,13,16-18H2,1-4H3. The monoisotopic (exact) mass is 452 g/mol. The van der Waals surface area contributed by atoms with Crippen molar-refractivity contribution in [2.75, 3.05) is 33.4 Å². The number of nitrogens with zero attached hydrogens (tertiary/aromatic N) is 1. The largest absolute Gasteiger partial charge is 0.497 e. The van der Waals surface area contributed by atoms with E-state index in [0.29, 0.717) is 19.7 Å². The lowest BCUT2D eigenvalue weighted by atomic mass is 9.88. The predicted octanol–water partition coefficient (Wildman–Crippen LogP) is 4.43. The first-order valence-electron chi connectivity index (χ1n) is 11.8. The summed E-state index contributed by atoms with van der Waals surface area (Å²) in [4.78, 5) is 27.2. The van der Waals surface area contributed by atoms with Crippen LogP contribution in [0.15, 0.2) is 42.5 Å². The van der Waals surface area contributed by atoms with Crippen molar-refractivity contribution in [3.8, 4) is 11.5 Å². The summed E-state index contributed by atoms with van der Waals surface area (Å²) in [7, 11) is 1.63. The minimum atomic E-state index is -0.0234. The molecule has 3 rings (SSSR count). The smallest absolute Gasteiger partial charge is 0.236 e. The highest BCUT2D eigenvalue weighted by atomic mass is 16.5. The summed E-state index contributed by atoms with van der Waals surface area (Å²) in [5.41, 5.74) is 2.90. The maximum atomic E-state index is 12.9. The van der Waals surface area contributed by atoms with Crippen LogP contribution in [-0.4, -0.2) is 49.9 Å². The van der Waals surface area contributed by atoms with Gasteiger partial charge in [-0.25, -0.2) is 0 Å². The molecule has 1 N–H and O–H groups in total. The number of likely N-dealkylation sites (tertiary alicyclic amines) is 1.